The summed E-state index contributed by atoms with van der Waals surface area (Å²) in [6, 6.07) is 32.7. The van der Waals surface area contributed by atoms with Crippen molar-refractivity contribution < 1.29 is 18.0 Å². The van der Waals surface area contributed by atoms with Gasteiger partial charge in [-0.05, 0) is 47.2 Å². The highest BCUT2D eigenvalue weighted by Gasteiger charge is 2.44. The van der Waals surface area contributed by atoms with Crippen LogP contribution >= 0.6 is 0 Å². The fourth-order valence-electron chi connectivity index (χ4n) is 6.16. The molecule has 7 heteroatoms. The first-order valence-electron chi connectivity index (χ1n) is 14.2. The number of nitrogens with zero attached hydrogens (tertiary/aromatic N) is 3. The molecule has 0 N–H and O–H groups in total. The summed E-state index contributed by atoms with van der Waals surface area (Å²) >= 11 is 0. The summed E-state index contributed by atoms with van der Waals surface area (Å²) in [7, 11) is 0. The fraction of sp³-hybridized carbons (Fsp3) is 0.229. The van der Waals surface area contributed by atoms with E-state index in [0.717, 1.165) is 29.2 Å². The molecular formula is C35H32F3N3O. The number of hydrogen-bond donors (Lipinski definition) is 0. The van der Waals surface area contributed by atoms with Gasteiger partial charge in [0, 0.05) is 25.5 Å². The maximum Gasteiger partial charge on any atom is 0.418 e. The average molecular weight is 568 g/mol. The number of benzene rings is 4. The van der Waals surface area contributed by atoms with Gasteiger partial charge in [0.1, 0.15) is 5.54 Å². The molecule has 2 aliphatic rings. The van der Waals surface area contributed by atoms with Crippen LogP contribution < -0.4 is 4.90 Å². The number of carbonyl (C=O) groups excluding carboxylic acids is 1. The van der Waals surface area contributed by atoms with Gasteiger partial charge in [0.05, 0.1) is 24.3 Å². The van der Waals surface area contributed by atoms with Crippen LogP contribution in [0.5, 0.6) is 0 Å². The number of rotatable bonds is 7. The molecule has 0 spiro atoms. The van der Waals surface area contributed by atoms with Gasteiger partial charge in [0.25, 0.3) is 0 Å². The first kappa shape index (κ1) is 27.6. The van der Waals surface area contributed by atoms with E-state index in [2.05, 4.69) is 41.3 Å². The highest BCUT2D eigenvalue weighted by molar-refractivity contribution is 5.83. The SMILES string of the molecule is Cc1ccc(C(F)(F)F)c(N2C=CN(C(c3ccccc3)(c3ccccc3)c3ccccc3)C2)c1CC(=O)N1CCC1. The summed E-state index contributed by atoms with van der Waals surface area (Å²) < 4.78 is 43.7. The molecule has 1 amide bonds. The van der Waals surface area contributed by atoms with E-state index in [-0.39, 0.29) is 24.7 Å². The van der Waals surface area contributed by atoms with Crippen LogP contribution in [0, 0.1) is 6.92 Å². The molecule has 0 unspecified atom stereocenters. The van der Waals surface area contributed by atoms with E-state index in [0.29, 0.717) is 24.2 Å². The van der Waals surface area contributed by atoms with Crippen LogP contribution in [0.2, 0.25) is 0 Å². The topological polar surface area (TPSA) is 26.8 Å². The number of alkyl halides is 3. The van der Waals surface area contributed by atoms with Crippen LogP contribution in [0.3, 0.4) is 0 Å². The first-order chi connectivity index (χ1) is 20.3. The van der Waals surface area contributed by atoms with Gasteiger partial charge in [-0.25, -0.2) is 0 Å². The number of aryl methyl sites for hydroxylation is 1. The van der Waals surface area contributed by atoms with Crippen LogP contribution in [-0.4, -0.2) is 35.5 Å². The normalized spacial score (nSPS) is 15.2. The van der Waals surface area contributed by atoms with Gasteiger partial charge in [-0.15, -0.1) is 0 Å². The van der Waals surface area contributed by atoms with E-state index < -0.39 is 17.3 Å². The summed E-state index contributed by atoms with van der Waals surface area (Å²) in [5.74, 6) is -0.142. The van der Waals surface area contributed by atoms with Crippen molar-refractivity contribution in [3.8, 4) is 0 Å². The molecule has 4 aromatic rings. The molecule has 2 heterocycles. The second-order valence-electron chi connectivity index (χ2n) is 10.9. The largest absolute Gasteiger partial charge is 0.418 e. The van der Waals surface area contributed by atoms with Crippen LogP contribution in [0.25, 0.3) is 0 Å². The first-order valence-corrected chi connectivity index (χ1v) is 14.2. The van der Waals surface area contributed by atoms with E-state index in [9.17, 15) is 18.0 Å². The molecule has 0 radical (unpaired) electrons. The lowest BCUT2D eigenvalue weighted by atomic mass is 9.76. The molecule has 1 saturated heterocycles. The number of carbonyl (C=O) groups is 1. The summed E-state index contributed by atoms with van der Waals surface area (Å²) in [5, 5.41) is 0. The molecule has 6 rings (SSSR count). The lowest BCUT2D eigenvalue weighted by Crippen LogP contribution is -2.46. The van der Waals surface area contributed by atoms with E-state index in [1.54, 1.807) is 22.9 Å². The minimum absolute atomic E-state index is 0.0400. The standard InChI is InChI=1S/C35H32F3N3O/c1-26-18-19-31(35(36,37)38)33(30(26)24-32(42)39-20-11-21-39)40-22-23-41(25-40)34(27-12-5-2-6-13-27,28-14-7-3-8-15-28)29-16-9-4-10-17-29/h2-10,12-19,22-23H,11,20-21,24-25H2,1H3. The summed E-state index contributed by atoms with van der Waals surface area (Å²) in [4.78, 5) is 18.5. The molecule has 42 heavy (non-hydrogen) atoms. The van der Waals surface area contributed by atoms with Crippen molar-refractivity contribution in [3.63, 3.8) is 0 Å². The molecular weight excluding hydrogens is 535 g/mol. The van der Waals surface area contributed by atoms with Crippen molar-refractivity contribution in [2.24, 2.45) is 0 Å². The van der Waals surface area contributed by atoms with Crippen molar-refractivity contribution in [2.45, 2.75) is 31.5 Å². The number of halogens is 3. The number of amides is 1. The Morgan fingerprint density at radius 2 is 1.26 bits per heavy atom. The Morgan fingerprint density at radius 3 is 1.71 bits per heavy atom. The van der Waals surface area contributed by atoms with Crippen molar-refractivity contribution >= 4 is 11.6 Å². The Morgan fingerprint density at radius 1 is 0.738 bits per heavy atom. The lowest BCUT2D eigenvalue weighted by molar-refractivity contribution is -0.137. The summed E-state index contributed by atoms with van der Waals surface area (Å²) in [6.45, 7) is 3.23. The van der Waals surface area contributed by atoms with Gasteiger partial charge in [-0.2, -0.15) is 13.2 Å². The molecule has 0 aliphatic carbocycles. The van der Waals surface area contributed by atoms with Crippen molar-refractivity contribution in [1.82, 2.24) is 9.80 Å². The highest BCUT2D eigenvalue weighted by Crippen LogP contribution is 2.46. The van der Waals surface area contributed by atoms with Gasteiger partial charge in [0.15, 0.2) is 0 Å². The smallest absolute Gasteiger partial charge is 0.342 e. The Bertz CT molecular complexity index is 1490. The Hall–Kier alpha value is -4.52. The number of anilines is 1. The molecule has 0 bridgehead atoms. The maximum absolute atomic E-state index is 14.6. The predicted octanol–water partition coefficient (Wildman–Crippen LogP) is 7.33. The van der Waals surface area contributed by atoms with Gasteiger partial charge < -0.3 is 14.7 Å². The second kappa shape index (κ2) is 11.0. The van der Waals surface area contributed by atoms with Crippen molar-refractivity contribution in [2.75, 3.05) is 24.7 Å². The van der Waals surface area contributed by atoms with E-state index in [1.165, 1.54) is 6.07 Å². The molecule has 0 saturated carbocycles. The van der Waals surface area contributed by atoms with E-state index in [1.807, 2.05) is 60.8 Å². The molecule has 1 fully saturated rings. The maximum atomic E-state index is 14.6. The zero-order chi connectivity index (χ0) is 29.3. The Kier molecular flexibility index (Phi) is 7.27. The zero-order valence-electron chi connectivity index (χ0n) is 23.4. The Balaban J connectivity index is 1.50. The van der Waals surface area contributed by atoms with Crippen molar-refractivity contribution in [3.05, 3.63) is 149 Å². The molecule has 0 atom stereocenters. The van der Waals surface area contributed by atoms with Crippen LogP contribution in [-0.2, 0) is 22.9 Å². The molecule has 214 valence electrons. The van der Waals surface area contributed by atoms with E-state index >= 15 is 0 Å². The third-order valence-corrected chi connectivity index (χ3v) is 8.38. The van der Waals surface area contributed by atoms with Crippen LogP contribution in [0.1, 0.15) is 39.8 Å². The zero-order valence-corrected chi connectivity index (χ0v) is 23.4. The minimum Gasteiger partial charge on any atom is -0.342 e. The minimum atomic E-state index is -4.59. The Labute approximate surface area is 244 Å². The lowest BCUT2D eigenvalue weighted by Gasteiger charge is -2.44. The number of hydrogen-bond acceptors (Lipinski definition) is 3. The van der Waals surface area contributed by atoms with Crippen LogP contribution in [0.15, 0.2) is 116 Å². The highest BCUT2D eigenvalue weighted by atomic mass is 19.4. The van der Waals surface area contributed by atoms with Gasteiger partial charge in [-0.3, -0.25) is 4.79 Å². The van der Waals surface area contributed by atoms with Gasteiger partial charge in [0.2, 0.25) is 5.91 Å². The van der Waals surface area contributed by atoms with Crippen molar-refractivity contribution in [1.29, 1.82) is 0 Å². The summed E-state index contributed by atoms with van der Waals surface area (Å²) in [6.07, 6.45) is -0.156. The third-order valence-electron chi connectivity index (χ3n) is 8.38. The molecule has 0 aromatic heterocycles. The average Bonchev–Trinajstić information content (AvgIpc) is 3.45. The monoisotopic (exact) mass is 567 g/mol. The second-order valence-corrected chi connectivity index (χ2v) is 10.9. The van der Waals surface area contributed by atoms with E-state index in [4.69, 9.17) is 0 Å². The van der Waals surface area contributed by atoms with Gasteiger partial charge >= 0.3 is 6.18 Å². The predicted molar refractivity (Wildman–Crippen MR) is 159 cm³/mol. The van der Waals surface area contributed by atoms with Gasteiger partial charge in [-0.1, -0.05) is 97.1 Å². The quantitative estimate of drug-likeness (QED) is 0.219. The summed E-state index contributed by atoms with van der Waals surface area (Å²) in [5.41, 5.74) is 2.52. The van der Waals surface area contributed by atoms with Crippen LogP contribution in [0.4, 0.5) is 18.9 Å². The molecule has 4 aromatic carbocycles. The fourth-order valence-corrected chi connectivity index (χ4v) is 6.16. The molecule has 4 nitrogen and oxygen atoms in total. The third kappa shape index (κ3) is 4.83. The molecule has 2 aliphatic heterocycles. The number of likely N-dealkylation sites (tertiary alicyclic amines) is 1.